The number of benzene rings is 2. The average Bonchev–Trinajstić information content (AvgIpc) is 2.96. The van der Waals surface area contributed by atoms with Crippen LogP contribution in [-0.2, 0) is 32.4 Å². The molecule has 1 fully saturated rings. The number of hydrogen-bond acceptors (Lipinski definition) is 6. The van der Waals surface area contributed by atoms with Crippen LogP contribution in [0.2, 0.25) is 0 Å². The fourth-order valence-corrected chi connectivity index (χ4v) is 4.72. The molecular formula is C32H44O6. The van der Waals surface area contributed by atoms with Gasteiger partial charge in [-0.15, -0.1) is 0 Å². The molecule has 0 saturated heterocycles. The molecule has 0 aromatic heterocycles. The standard InChI is InChI=1S/C32H44O6/c1-3-5-7-9-13-25-17-21-27(22-18-25)31(33)37-35-29-15-11-12-16-30(29)36-38-32(34)28-23-19-26(20-24-28)14-10-8-6-4-2/h17-24,29-30H,3-16H2,1-2H3. The van der Waals surface area contributed by atoms with Gasteiger partial charge in [0, 0.05) is 0 Å². The average molecular weight is 525 g/mol. The third kappa shape index (κ3) is 10.2. The van der Waals surface area contributed by atoms with Gasteiger partial charge in [0.05, 0.1) is 11.1 Å². The summed E-state index contributed by atoms with van der Waals surface area (Å²) in [4.78, 5) is 46.3. The van der Waals surface area contributed by atoms with E-state index in [0.717, 1.165) is 38.5 Å². The number of carbonyl (C=O) groups is 2. The maximum Gasteiger partial charge on any atom is 0.373 e. The van der Waals surface area contributed by atoms with E-state index in [9.17, 15) is 9.59 Å². The highest BCUT2D eigenvalue weighted by Gasteiger charge is 2.31. The molecule has 0 radical (unpaired) electrons. The van der Waals surface area contributed by atoms with E-state index in [4.69, 9.17) is 19.6 Å². The highest BCUT2D eigenvalue weighted by atomic mass is 17.2. The maximum absolute atomic E-state index is 12.5. The summed E-state index contributed by atoms with van der Waals surface area (Å²) in [6, 6.07) is 15.0. The van der Waals surface area contributed by atoms with Gasteiger partial charge in [-0.05, 0) is 73.9 Å². The first-order valence-electron chi connectivity index (χ1n) is 14.5. The zero-order chi connectivity index (χ0) is 27.0. The molecule has 6 nitrogen and oxygen atoms in total. The van der Waals surface area contributed by atoms with Gasteiger partial charge >= 0.3 is 11.9 Å². The quantitative estimate of drug-likeness (QED) is 0.125. The fraction of sp³-hybridized carbons (Fsp3) is 0.562. The van der Waals surface area contributed by atoms with Crippen LogP contribution >= 0.6 is 0 Å². The molecule has 0 N–H and O–H groups in total. The zero-order valence-electron chi connectivity index (χ0n) is 23.1. The van der Waals surface area contributed by atoms with Gasteiger partial charge in [-0.3, -0.25) is 9.78 Å². The van der Waals surface area contributed by atoms with Gasteiger partial charge in [0.1, 0.15) is 12.2 Å². The predicted octanol–water partition coefficient (Wildman–Crippen LogP) is 8.12. The minimum atomic E-state index is -0.543. The van der Waals surface area contributed by atoms with Crippen LogP contribution < -0.4 is 0 Å². The molecule has 2 atom stereocenters. The molecular weight excluding hydrogens is 480 g/mol. The minimum absolute atomic E-state index is 0.441. The molecule has 6 heteroatoms. The first-order valence-corrected chi connectivity index (χ1v) is 14.5. The van der Waals surface area contributed by atoms with Crippen LogP contribution in [0.4, 0.5) is 0 Å². The van der Waals surface area contributed by atoms with Gasteiger partial charge in [-0.2, -0.15) is 9.78 Å². The Bertz CT molecular complexity index is 873. The van der Waals surface area contributed by atoms with Gasteiger partial charge in [-0.25, -0.2) is 9.59 Å². The molecule has 38 heavy (non-hydrogen) atoms. The Morgan fingerprint density at radius 3 is 1.37 bits per heavy atom. The van der Waals surface area contributed by atoms with E-state index in [1.165, 1.54) is 49.7 Å². The number of aryl methyl sites for hydroxylation is 2. The lowest BCUT2D eigenvalue weighted by atomic mass is 9.95. The van der Waals surface area contributed by atoms with E-state index < -0.39 is 24.1 Å². The van der Waals surface area contributed by atoms with Crippen LogP contribution in [0.3, 0.4) is 0 Å². The minimum Gasteiger partial charge on any atom is -0.292 e. The highest BCUT2D eigenvalue weighted by Crippen LogP contribution is 2.25. The largest absolute Gasteiger partial charge is 0.373 e. The SMILES string of the molecule is CCCCCCc1ccc(C(=O)OOC2CCCCC2OOC(=O)c2ccc(CCCCCC)cc2)cc1. The Kier molecular flexibility index (Phi) is 13.4. The summed E-state index contributed by atoms with van der Waals surface area (Å²) < 4.78 is 0. The molecule has 0 bridgehead atoms. The Labute approximate surface area is 227 Å². The molecule has 0 spiro atoms. The molecule has 0 amide bonds. The van der Waals surface area contributed by atoms with Crippen molar-refractivity contribution in [3.05, 3.63) is 70.8 Å². The van der Waals surface area contributed by atoms with Crippen LogP contribution in [0.1, 0.15) is 123 Å². The number of unbranched alkanes of at least 4 members (excludes halogenated alkanes) is 6. The van der Waals surface area contributed by atoms with Gasteiger partial charge in [-0.1, -0.05) is 89.5 Å². The third-order valence-corrected chi connectivity index (χ3v) is 7.15. The summed E-state index contributed by atoms with van der Waals surface area (Å²) in [5, 5.41) is 0. The molecule has 2 aromatic carbocycles. The van der Waals surface area contributed by atoms with E-state index in [0.29, 0.717) is 24.0 Å². The van der Waals surface area contributed by atoms with E-state index in [2.05, 4.69) is 13.8 Å². The smallest absolute Gasteiger partial charge is 0.292 e. The van der Waals surface area contributed by atoms with Crippen molar-refractivity contribution in [3.8, 4) is 0 Å². The van der Waals surface area contributed by atoms with Crippen LogP contribution in [0.5, 0.6) is 0 Å². The first-order chi connectivity index (χ1) is 18.6. The number of rotatable bonds is 16. The topological polar surface area (TPSA) is 71.1 Å². The van der Waals surface area contributed by atoms with E-state index in [-0.39, 0.29) is 0 Å². The van der Waals surface area contributed by atoms with Gasteiger partial charge < -0.3 is 0 Å². The van der Waals surface area contributed by atoms with Crippen LogP contribution in [0.25, 0.3) is 0 Å². The summed E-state index contributed by atoms with van der Waals surface area (Å²) >= 11 is 0. The fourth-order valence-electron chi connectivity index (χ4n) is 4.72. The second kappa shape index (κ2) is 17.0. The lowest BCUT2D eigenvalue weighted by Crippen LogP contribution is -2.36. The van der Waals surface area contributed by atoms with E-state index >= 15 is 0 Å². The van der Waals surface area contributed by atoms with Crippen molar-refractivity contribution in [2.75, 3.05) is 0 Å². The molecule has 0 heterocycles. The van der Waals surface area contributed by atoms with E-state index in [1.54, 1.807) is 24.3 Å². The highest BCUT2D eigenvalue weighted by molar-refractivity contribution is 5.89. The summed E-state index contributed by atoms with van der Waals surface area (Å²) in [7, 11) is 0. The lowest BCUT2D eigenvalue weighted by molar-refractivity contribution is -0.352. The summed E-state index contributed by atoms with van der Waals surface area (Å²) in [5.74, 6) is -1.09. The second-order valence-corrected chi connectivity index (χ2v) is 10.3. The van der Waals surface area contributed by atoms with Gasteiger partial charge in [0.15, 0.2) is 0 Å². The van der Waals surface area contributed by atoms with Crippen molar-refractivity contribution in [2.45, 2.75) is 116 Å². The molecule has 208 valence electrons. The summed E-state index contributed by atoms with van der Waals surface area (Å²) in [6.45, 7) is 4.40. The third-order valence-electron chi connectivity index (χ3n) is 7.15. The van der Waals surface area contributed by atoms with Crippen molar-refractivity contribution < 1.29 is 29.1 Å². The first kappa shape index (κ1) is 29.9. The van der Waals surface area contributed by atoms with Crippen molar-refractivity contribution in [1.82, 2.24) is 0 Å². The number of carbonyl (C=O) groups excluding carboxylic acids is 2. The maximum atomic E-state index is 12.5. The van der Waals surface area contributed by atoms with Crippen molar-refractivity contribution >= 4 is 11.9 Å². The Morgan fingerprint density at radius 1 is 0.605 bits per heavy atom. The van der Waals surface area contributed by atoms with Gasteiger partial charge in [0.2, 0.25) is 0 Å². The van der Waals surface area contributed by atoms with Crippen LogP contribution in [0, 0.1) is 0 Å². The zero-order valence-corrected chi connectivity index (χ0v) is 23.1. The van der Waals surface area contributed by atoms with Crippen molar-refractivity contribution in [3.63, 3.8) is 0 Å². The Balaban J connectivity index is 1.42. The molecule has 2 unspecified atom stereocenters. The van der Waals surface area contributed by atoms with Crippen molar-refractivity contribution in [1.29, 1.82) is 0 Å². The summed E-state index contributed by atoms with van der Waals surface area (Å²) in [6.07, 6.45) is 13.8. The molecule has 2 aromatic rings. The Morgan fingerprint density at radius 2 is 1.00 bits per heavy atom. The molecule has 1 aliphatic rings. The van der Waals surface area contributed by atoms with Crippen LogP contribution in [-0.4, -0.2) is 24.1 Å². The normalized spacial score (nSPS) is 17.2. The Hall–Kier alpha value is -2.70. The monoisotopic (exact) mass is 524 g/mol. The predicted molar refractivity (Wildman–Crippen MR) is 148 cm³/mol. The second-order valence-electron chi connectivity index (χ2n) is 10.3. The molecule has 1 aliphatic carbocycles. The van der Waals surface area contributed by atoms with Crippen molar-refractivity contribution in [2.24, 2.45) is 0 Å². The van der Waals surface area contributed by atoms with E-state index in [1.807, 2.05) is 24.3 Å². The molecule has 3 rings (SSSR count). The lowest BCUT2D eigenvalue weighted by Gasteiger charge is -2.28. The summed E-state index contributed by atoms with van der Waals surface area (Å²) in [5.41, 5.74) is 3.30. The van der Waals surface area contributed by atoms with Crippen LogP contribution in [0.15, 0.2) is 48.5 Å². The van der Waals surface area contributed by atoms with Gasteiger partial charge in [0.25, 0.3) is 0 Å². The number of hydrogen-bond donors (Lipinski definition) is 0. The molecule has 1 saturated carbocycles. The molecule has 0 aliphatic heterocycles.